The summed E-state index contributed by atoms with van der Waals surface area (Å²) in [5.41, 5.74) is 0.0134. The fourth-order valence-electron chi connectivity index (χ4n) is 2.43. The van der Waals surface area contributed by atoms with E-state index in [1.54, 1.807) is 12.1 Å². The Morgan fingerprint density at radius 2 is 1.96 bits per heavy atom. The van der Waals surface area contributed by atoms with Gasteiger partial charge in [0.25, 0.3) is 5.91 Å². The van der Waals surface area contributed by atoms with E-state index >= 15 is 0 Å². The van der Waals surface area contributed by atoms with Crippen molar-refractivity contribution >= 4 is 43.5 Å². The molecule has 0 saturated carbocycles. The van der Waals surface area contributed by atoms with E-state index in [1.165, 1.54) is 37.5 Å². The van der Waals surface area contributed by atoms with Crippen LogP contribution in [0, 0.1) is 0 Å². The number of amides is 1. The molecule has 1 atom stereocenters. The van der Waals surface area contributed by atoms with Crippen LogP contribution in [0.4, 0.5) is 5.82 Å². The number of hydrogen-bond acceptors (Lipinski definition) is 5. The van der Waals surface area contributed by atoms with E-state index < -0.39 is 27.8 Å². The standard InChI is InChI=1S/C15H12BrN3O4S/c1-19-13(15(21)18-12-7-6-9(16)8-17-12)14(20)10-4-2-3-5-11(10)24(19,22)23/h2-8,13H,1H3,(H,17,18,21). The zero-order chi connectivity index (χ0) is 17.5. The molecule has 0 fully saturated rings. The Labute approximate surface area is 146 Å². The number of ketones is 1. The maximum absolute atomic E-state index is 12.6. The van der Waals surface area contributed by atoms with Crippen LogP contribution in [0.25, 0.3) is 0 Å². The third-order valence-electron chi connectivity index (χ3n) is 3.65. The van der Waals surface area contributed by atoms with Gasteiger partial charge in [0.1, 0.15) is 5.82 Å². The molecular formula is C15H12BrN3O4S. The van der Waals surface area contributed by atoms with Gasteiger partial charge in [-0.05, 0) is 40.2 Å². The Bertz CT molecular complexity index is 928. The lowest BCUT2D eigenvalue weighted by Gasteiger charge is -2.30. The highest BCUT2D eigenvalue weighted by molar-refractivity contribution is 9.10. The number of fused-ring (bicyclic) bond motifs is 1. The number of carbonyl (C=O) groups excluding carboxylic acids is 2. The van der Waals surface area contributed by atoms with Crippen molar-refractivity contribution in [3.8, 4) is 0 Å². The molecule has 1 aromatic carbocycles. The molecule has 1 N–H and O–H groups in total. The molecule has 7 nitrogen and oxygen atoms in total. The number of rotatable bonds is 2. The van der Waals surface area contributed by atoms with Crippen molar-refractivity contribution < 1.29 is 18.0 Å². The van der Waals surface area contributed by atoms with Crippen molar-refractivity contribution in [2.24, 2.45) is 0 Å². The highest BCUT2D eigenvalue weighted by Gasteiger charge is 2.45. The van der Waals surface area contributed by atoms with Crippen molar-refractivity contribution in [2.75, 3.05) is 12.4 Å². The number of Topliss-reactive ketones (excluding diaryl/α,β-unsaturated/α-hetero) is 1. The molecule has 124 valence electrons. The van der Waals surface area contributed by atoms with Gasteiger partial charge in [-0.3, -0.25) is 9.59 Å². The molecular weight excluding hydrogens is 398 g/mol. The summed E-state index contributed by atoms with van der Waals surface area (Å²) in [7, 11) is -2.71. The second kappa shape index (κ2) is 6.08. The Morgan fingerprint density at radius 1 is 1.25 bits per heavy atom. The first-order valence-electron chi connectivity index (χ1n) is 6.86. The average Bonchev–Trinajstić information content (AvgIpc) is 2.56. The van der Waals surface area contributed by atoms with Gasteiger partial charge < -0.3 is 5.32 Å². The number of hydrogen-bond donors (Lipinski definition) is 1. The molecule has 0 bridgehead atoms. The Kier molecular flexibility index (Phi) is 4.24. The first-order valence-corrected chi connectivity index (χ1v) is 9.09. The number of nitrogens with one attached hydrogen (secondary N) is 1. The van der Waals surface area contributed by atoms with Gasteiger partial charge in [-0.25, -0.2) is 13.4 Å². The fourth-order valence-corrected chi connectivity index (χ4v) is 4.14. The van der Waals surface area contributed by atoms with Gasteiger partial charge in [0.2, 0.25) is 10.0 Å². The Morgan fingerprint density at radius 3 is 2.62 bits per heavy atom. The van der Waals surface area contributed by atoms with Gasteiger partial charge in [0, 0.05) is 23.3 Å². The van der Waals surface area contributed by atoms with Gasteiger partial charge in [-0.1, -0.05) is 12.1 Å². The molecule has 2 aromatic rings. The minimum Gasteiger partial charge on any atom is -0.309 e. The molecule has 2 heterocycles. The largest absolute Gasteiger partial charge is 0.309 e. The van der Waals surface area contributed by atoms with Crippen LogP contribution in [0.15, 0.2) is 52.0 Å². The second-order valence-corrected chi connectivity index (χ2v) is 8.02. The summed E-state index contributed by atoms with van der Waals surface area (Å²) in [6, 6.07) is 7.57. The van der Waals surface area contributed by atoms with E-state index in [0.717, 1.165) is 8.78 Å². The number of benzene rings is 1. The van der Waals surface area contributed by atoms with Crippen LogP contribution >= 0.6 is 15.9 Å². The number of pyridine rings is 1. The first kappa shape index (κ1) is 16.7. The average molecular weight is 410 g/mol. The number of likely N-dealkylation sites (N-methyl/N-ethyl adjacent to an activating group) is 1. The molecule has 0 radical (unpaired) electrons. The maximum atomic E-state index is 12.6. The summed E-state index contributed by atoms with van der Waals surface area (Å²) in [6.45, 7) is 0. The minimum atomic E-state index is -3.92. The van der Waals surface area contributed by atoms with E-state index in [1.807, 2.05) is 0 Å². The number of sulfonamides is 1. The summed E-state index contributed by atoms with van der Waals surface area (Å²) >= 11 is 3.22. The molecule has 0 spiro atoms. The van der Waals surface area contributed by atoms with E-state index in [9.17, 15) is 18.0 Å². The third-order valence-corrected chi connectivity index (χ3v) is 6.00. The number of halogens is 1. The molecule has 3 rings (SSSR count). The van der Waals surface area contributed by atoms with Crippen LogP contribution in [0.1, 0.15) is 10.4 Å². The molecule has 1 aromatic heterocycles. The molecule has 0 aliphatic carbocycles. The molecule has 1 amide bonds. The molecule has 24 heavy (non-hydrogen) atoms. The fraction of sp³-hybridized carbons (Fsp3) is 0.133. The van der Waals surface area contributed by atoms with Crippen LogP contribution in [0.3, 0.4) is 0 Å². The van der Waals surface area contributed by atoms with Crippen LogP contribution in [-0.4, -0.2) is 42.5 Å². The topological polar surface area (TPSA) is 96.4 Å². The number of carbonyl (C=O) groups is 2. The monoisotopic (exact) mass is 409 g/mol. The predicted molar refractivity (Wildman–Crippen MR) is 90.1 cm³/mol. The summed E-state index contributed by atoms with van der Waals surface area (Å²) in [6.07, 6.45) is 1.48. The second-order valence-electron chi connectivity index (χ2n) is 5.14. The number of anilines is 1. The quantitative estimate of drug-likeness (QED) is 0.760. The molecule has 1 unspecified atom stereocenters. The van der Waals surface area contributed by atoms with Gasteiger partial charge in [-0.15, -0.1) is 0 Å². The van der Waals surface area contributed by atoms with Crippen molar-refractivity contribution in [3.63, 3.8) is 0 Å². The predicted octanol–water partition coefficient (Wildman–Crippen LogP) is 1.67. The number of nitrogens with zero attached hydrogens (tertiary/aromatic N) is 2. The van der Waals surface area contributed by atoms with E-state index in [2.05, 4.69) is 26.2 Å². The van der Waals surface area contributed by atoms with Crippen molar-refractivity contribution in [1.82, 2.24) is 9.29 Å². The van der Waals surface area contributed by atoms with Gasteiger partial charge >= 0.3 is 0 Å². The molecule has 1 aliphatic heterocycles. The maximum Gasteiger partial charge on any atom is 0.251 e. The lowest BCUT2D eigenvalue weighted by molar-refractivity contribution is -0.118. The highest BCUT2D eigenvalue weighted by atomic mass is 79.9. The molecule has 1 aliphatic rings. The Hall–Kier alpha value is -2.10. The van der Waals surface area contributed by atoms with Crippen molar-refractivity contribution in [1.29, 1.82) is 0 Å². The Balaban J connectivity index is 1.97. The first-order chi connectivity index (χ1) is 11.3. The summed E-state index contributed by atoms with van der Waals surface area (Å²) in [5, 5.41) is 2.47. The van der Waals surface area contributed by atoms with E-state index in [4.69, 9.17) is 0 Å². The lowest BCUT2D eigenvalue weighted by Crippen LogP contribution is -2.53. The van der Waals surface area contributed by atoms with Crippen LogP contribution in [-0.2, 0) is 14.8 Å². The van der Waals surface area contributed by atoms with Crippen LogP contribution in [0.2, 0.25) is 0 Å². The SMILES string of the molecule is CN1C(C(=O)Nc2ccc(Br)cn2)C(=O)c2ccccc2S1(=O)=O. The van der Waals surface area contributed by atoms with Crippen LogP contribution < -0.4 is 5.32 Å². The van der Waals surface area contributed by atoms with Crippen LogP contribution in [0.5, 0.6) is 0 Å². The summed E-state index contributed by atoms with van der Waals surface area (Å²) in [5.74, 6) is -1.10. The van der Waals surface area contributed by atoms with Crippen molar-refractivity contribution in [2.45, 2.75) is 10.9 Å². The van der Waals surface area contributed by atoms with E-state index in [-0.39, 0.29) is 16.3 Å². The van der Waals surface area contributed by atoms with Crippen molar-refractivity contribution in [3.05, 3.63) is 52.6 Å². The molecule has 0 saturated heterocycles. The molecule has 9 heteroatoms. The summed E-state index contributed by atoms with van der Waals surface area (Å²) in [4.78, 5) is 29.0. The van der Waals surface area contributed by atoms with Gasteiger partial charge in [0.05, 0.1) is 4.90 Å². The minimum absolute atomic E-state index is 0.0134. The van der Waals surface area contributed by atoms with E-state index in [0.29, 0.717) is 0 Å². The van der Waals surface area contributed by atoms with Gasteiger partial charge in [-0.2, -0.15) is 4.31 Å². The summed E-state index contributed by atoms with van der Waals surface area (Å²) < 4.78 is 26.6. The highest BCUT2D eigenvalue weighted by Crippen LogP contribution is 2.29. The number of aromatic nitrogens is 1. The van der Waals surface area contributed by atoms with Gasteiger partial charge in [0.15, 0.2) is 11.8 Å². The third kappa shape index (κ3) is 2.74. The smallest absolute Gasteiger partial charge is 0.251 e. The zero-order valence-electron chi connectivity index (χ0n) is 12.4. The lowest BCUT2D eigenvalue weighted by atomic mass is 10.0. The normalized spacial score (nSPS) is 19.6. The zero-order valence-corrected chi connectivity index (χ0v) is 14.8.